The van der Waals surface area contributed by atoms with Gasteiger partial charge in [0, 0.05) is 41.3 Å². The zero-order chi connectivity index (χ0) is 28.4. The van der Waals surface area contributed by atoms with E-state index in [4.69, 9.17) is 9.97 Å². The Hall–Kier alpha value is -3.06. The van der Waals surface area contributed by atoms with E-state index < -0.39 is 0 Å². The minimum atomic E-state index is -0.158. The molecule has 6 rings (SSSR count). The topological polar surface area (TPSA) is 91.0 Å². The highest BCUT2D eigenvalue weighted by atomic mass is 16.2. The molecule has 1 aliphatic heterocycles. The Bertz CT molecular complexity index is 1380. The quantitative estimate of drug-likeness (QED) is 0.229. The monoisotopic (exact) mass is 555 g/mol. The number of amides is 1. The molecule has 1 saturated heterocycles. The summed E-state index contributed by atoms with van der Waals surface area (Å²) in [7, 11) is 0. The SMILES string of the molecule is CCC(=O)CCCCC[C@H](NC(=O)[C@H]1CC12CCN(CC)CC2)c1ncc(-c2ccc3nc(C4CC4)ccc3c2)[nH]1. The van der Waals surface area contributed by atoms with Gasteiger partial charge in [0.15, 0.2) is 0 Å². The summed E-state index contributed by atoms with van der Waals surface area (Å²) >= 11 is 0. The van der Waals surface area contributed by atoms with E-state index in [0.29, 0.717) is 24.5 Å². The number of aromatic amines is 1. The number of fused-ring (bicyclic) bond motifs is 1. The van der Waals surface area contributed by atoms with Gasteiger partial charge < -0.3 is 15.2 Å². The number of Topliss-reactive ketones (excluding diaryl/α,β-unsaturated/α-hetero) is 1. The van der Waals surface area contributed by atoms with Crippen LogP contribution in [-0.2, 0) is 9.59 Å². The summed E-state index contributed by atoms with van der Waals surface area (Å²) in [5, 5.41) is 4.52. The Labute approximate surface area is 243 Å². The molecule has 2 atom stereocenters. The summed E-state index contributed by atoms with van der Waals surface area (Å²) in [5.41, 5.74) is 4.47. The van der Waals surface area contributed by atoms with Crippen LogP contribution in [0.15, 0.2) is 36.5 Å². The number of aromatic nitrogens is 3. The maximum Gasteiger partial charge on any atom is 0.224 e. The Morgan fingerprint density at radius 3 is 2.68 bits per heavy atom. The highest BCUT2D eigenvalue weighted by Gasteiger charge is 2.58. The molecule has 0 bridgehead atoms. The lowest BCUT2D eigenvalue weighted by atomic mass is 9.90. The lowest BCUT2D eigenvalue weighted by molar-refractivity contribution is -0.124. The molecule has 7 nitrogen and oxygen atoms in total. The number of ketones is 1. The summed E-state index contributed by atoms with van der Waals surface area (Å²) in [6.07, 6.45) is 12.6. The predicted molar refractivity (Wildman–Crippen MR) is 162 cm³/mol. The van der Waals surface area contributed by atoms with Crippen LogP contribution >= 0.6 is 0 Å². The first-order valence-corrected chi connectivity index (χ1v) is 16.0. The van der Waals surface area contributed by atoms with E-state index in [1.54, 1.807) is 0 Å². The lowest BCUT2D eigenvalue weighted by Gasteiger charge is -2.32. The molecule has 3 heterocycles. The summed E-state index contributed by atoms with van der Waals surface area (Å²) in [5.74, 6) is 2.09. The van der Waals surface area contributed by atoms with E-state index in [2.05, 4.69) is 52.5 Å². The van der Waals surface area contributed by atoms with Crippen molar-refractivity contribution in [3.05, 3.63) is 48.0 Å². The van der Waals surface area contributed by atoms with E-state index in [1.807, 2.05) is 13.1 Å². The molecule has 0 unspecified atom stereocenters. The fourth-order valence-electron chi connectivity index (χ4n) is 6.74. The third-order valence-corrected chi connectivity index (χ3v) is 9.91. The number of nitrogens with zero attached hydrogens (tertiary/aromatic N) is 3. The second-order valence-corrected chi connectivity index (χ2v) is 12.7. The molecule has 3 fully saturated rings. The first-order valence-electron chi connectivity index (χ1n) is 16.0. The molecule has 7 heteroatoms. The molecule has 1 aromatic carbocycles. The molecule has 2 aromatic heterocycles. The number of H-pyrrole nitrogens is 1. The highest BCUT2D eigenvalue weighted by Crippen LogP contribution is 2.59. The molecule has 3 aliphatic rings. The van der Waals surface area contributed by atoms with Crippen LogP contribution in [0.3, 0.4) is 0 Å². The summed E-state index contributed by atoms with van der Waals surface area (Å²) in [6, 6.07) is 10.6. The fraction of sp³-hybridized carbons (Fsp3) is 0.588. The molecule has 41 heavy (non-hydrogen) atoms. The number of nitrogens with one attached hydrogen (secondary N) is 2. The smallest absolute Gasteiger partial charge is 0.224 e. The molecule has 2 saturated carbocycles. The van der Waals surface area contributed by atoms with Crippen LogP contribution in [0, 0.1) is 11.3 Å². The van der Waals surface area contributed by atoms with Crippen LogP contribution in [0.1, 0.15) is 108 Å². The molecule has 1 amide bonds. The number of imidazole rings is 1. The number of hydrogen-bond acceptors (Lipinski definition) is 5. The Kier molecular flexibility index (Phi) is 8.25. The zero-order valence-electron chi connectivity index (χ0n) is 24.8. The van der Waals surface area contributed by atoms with Crippen molar-refractivity contribution in [3.8, 4) is 11.3 Å². The van der Waals surface area contributed by atoms with E-state index in [1.165, 1.54) is 18.5 Å². The van der Waals surface area contributed by atoms with E-state index in [0.717, 1.165) is 92.6 Å². The largest absolute Gasteiger partial charge is 0.346 e. The summed E-state index contributed by atoms with van der Waals surface area (Å²) in [4.78, 5) is 40.9. The normalized spacial score (nSPS) is 20.8. The summed E-state index contributed by atoms with van der Waals surface area (Å²) in [6.45, 7) is 7.44. The molecule has 3 aromatic rings. The van der Waals surface area contributed by atoms with Gasteiger partial charge in [0.25, 0.3) is 0 Å². The zero-order valence-corrected chi connectivity index (χ0v) is 24.8. The summed E-state index contributed by atoms with van der Waals surface area (Å²) < 4.78 is 0. The van der Waals surface area contributed by atoms with E-state index in [-0.39, 0.29) is 23.3 Å². The number of carbonyl (C=O) groups is 2. The Morgan fingerprint density at radius 1 is 1.10 bits per heavy atom. The predicted octanol–water partition coefficient (Wildman–Crippen LogP) is 6.71. The van der Waals surface area contributed by atoms with Gasteiger partial charge in [0.05, 0.1) is 23.4 Å². The van der Waals surface area contributed by atoms with Crippen LogP contribution < -0.4 is 5.32 Å². The maximum atomic E-state index is 13.5. The number of hydrogen-bond donors (Lipinski definition) is 2. The van der Waals surface area contributed by atoms with Gasteiger partial charge >= 0.3 is 0 Å². The molecular formula is C34H45N5O2. The van der Waals surface area contributed by atoms with Gasteiger partial charge in [-0.05, 0) is 88.2 Å². The van der Waals surface area contributed by atoms with E-state index >= 15 is 0 Å². The van der Waals surface area contributed by atoms with Gasteiger partial charge in [-0.15, -0.1) is 0 Å². The number of unbranched alkanes of at least 4 members (excludes halogenated alkanes) is 2. The molecular weight excluding hydrogens is 510 g/mol. The van der Waals surface area contributed by atoms with Gasteiger partial charge in [-0.1, -0.05) is 38.8 Å². The van der Waals surface area contributed by atoms with Crippen molar-refractivity contribution >= 4 is 22.6 Å². The first-order chi connectivity index (χ1) is 20.0. The van der Waals surface area contributed by atoms with E-state index in [9.17, 15) is 9.59 Å². The molecule has 1 spiro atoms. The second kappa shape index (κ2) is 12.0. The Balaban J connectivity index is 1.14. The van der Waals surface area contributed by atoms with Crippen LogP contribution in [0.2, 0.25) is 0 Å². The van der Waals surface area contributed by atoms with Gasteiger partial charge in [0.2, 0.25) is 5.91 Å². The van der Waals surface area contributed by atoms with Crippen molar-refractivity contribution in [1.29, 1.82) is 0 Å². The number of carbonyl (C=O) groups excluding carboxylic acids is 2. The average molecular weight is 556 g/mol. The molecule has 0 radical (unpaired) electrons. The number of pyridine rings is 1. The number of piperidine rings is 1. The van der Waals surface area contributed by atoms with Crippen LogP contribution in [0.5, 0.6) is 0 Å². The van der Waals surface area contributed by atoms with Crippen molar-refractivity contribution in [2.24, 2.45) is 11.3 Å². The van der Waals surface area contributed by atoms with Crippen molar-refractivity contribution in [2.45, 2.75) is 96.4 Å². The van der Waals surface area contributed by atoms with Crippen molar-refractivity contribution in [1.82, 2.24) is 25.2 Å². The number of likely N-dealkylation sites (tertiary alicyclic amines) is 1. The third kappa shape index (κ3) is 6.40. The van der Waals surface area contributed by atoms with Crippen LogP contribution in [-0.4, -0.2) is 51.2 Å². The van der Waals surface area contributed by atoms with Gasteiger partial charge in [0.1, 0.15) is 11.6 Å². The molecule has 2 N–H and O–H groups in total. The minimum Gasteiger partial charge on any atom is -0.346 e. The second-order valence-electron chi connectivity index (χ2n) is 12.7. The first kappa shape index (κ1) is 28.1. The van der Waals surface area contributed by atoms with Crippen molar-refractivity contribution in [2.75, 3.05) is 19.6 Å². The third-order valence-electron chi connectivity index (χ3n) is 9.91. The average Bonchev–Trinajstić information content (AvgIpc) is 3.92. The highest BCUT2D eigenvalue weighted by molar-refractivity contribution is 5.84. The standard InChI is InChI=1S/C34H45N5O2/c1-3-26(40)8-6-5-7-9-30(38-33(41)27-21-34(27)16-18-39(4-2)19-17-34)32-35-22-31(37-32)25-13-15-29-24(20-25)12-14-28(36-29)23-10-11-23/h12-15,20,22-23,27,30H,3-11,16-19,21H2,1-2H3,(H,35,37)(H,38,41)/t27-,30+/m1/s1. The fourth-order valence-corrected chi connectivity index (χ4v) is 6.74. The van der Waals surface area contributed by atoms with Crippen LogP contribution in [0.25, 0.3) is 22.2 Å². The van der Waals surface area contributed by atoms with Gasteiger partial charge in [-0.25, -0.2) is 4.98 Å². The van der Waals surface area contributed by atoms with Gasteiger partial charge in [-0.3, -0.25) is 14.6 Å². The number of rotatable bonds is 13. The number of benzene rings is 1. The van der Waals surface area contributed by atoms with Crippen molar-refractivity contribution in [3.63, 3.8) is 0 Å². The molecule has 2 aliphatic carbocycles. The molecule has 218 valence electrons. The van der Waals surface area contributed by atoms with Crippen LogP contribution in [0.4, 0.5) is 0 Å². The maximum absolute atomic E-state index is 13.5. The van der Waals surface area contributed by atoms with Gasteiger partial charge in [-0.2, -0.15) is 0 Å². The lowest BCUT2D eigenvalue weighted by Crippen LogP contribution is -2.37. The Morgan fingerprint density at radius 2 is 1.93 bits per heavy atom. The minimum absolute atomic E-state index is 0.120. The van der Waals surface area contributed by atoms with Crippen molar-refractivity contribution < 1.29 is 9.59 Å².